The van der Waals surface area contributed by atoms with Crippen LogP contribution in [-0.4, -0.2) is 22.0 Å². The van der Waals surface area contributed by atoms with Crippen LogP contribution in [0.3, 0.4) is 0 Å². The van der Waals surface area contributed by atoms with Crippen molar-refractivity contribution >= 4 is 33.5 Å². The third-order valence-corrected chi connectivity index (χ3v) is 3.33. The minimum Gasteiger partial charge on any atom is -0.481 e. The van der Waals surface area contributed by atoms with Crippen LogP contribution in [0.5, 0.6) is 0 Å². The van der Waals surface area contributed by atoms with E-state index in [4.69, 9.17) is 5.11 Å². The zero-order valence-electron chi connectivity index (χ0n) is 11.0. The van der Waals surface area contributed by atoms with Crippen molar-refractivity contribution < 1.29 is 14.7 Å². The van der Waals surface area contributed by atoms with Gasteiger partial charge in [-0.25, -0.2) is 4.98 Å². The fraction of sp³-hybridized carbons (Fsp3) is 0.133. The van der Waals surface area contributed by atoms with Gasteiger partial charge >= 0.3 is 5.97 Å². The summed E-state index contributed by atoms with van der Waals surface area (Å²) in [6.45, 7) is 0. The first kappa shape index (κ1) is 15.2. The first-order chi connectivity index (χ1) is 10.1. The van der Waals surface area contributed by atoms with E-state index in [9.17, 15) is 9.59 Å². The number of benzene rings is 1. The number of pyridine rings is 1. The van der Waals surface area contributed by atoms with E-state index in [-0.39, 0.29) is 12.3 Å². The standard InChI is InChI=1S/C15H13BrN2O3/c16-13-7-5-11(9-17-13)15(21)18-12-4-2-1-3-10(12)6-8-14(19)20/h1-5,7,9H,6,8H2,(H,18,21)(H,19,20). The monoisotopic (exact) mass is 348 g/mol. The number of carbonyl (C=O) groups is 2. The van der Waals surface area contributed by atoms with Gasteiger partial charge in [0.15, 0.2) is 0 Å². The maximum absolute atomic E-state index is 12.1. The van der Waals surface area contributed by atoms with Crippen LogP contribution in [-0.2, 0) is 11.2 Å². The minimum absolute atomic E-state index is 0.0206. The molecule has 0 bridgehead atoms. The lowest BCUT2D eigenvalue weighted by atomic mass is 10.1. The van der Waals surface area contributed by atoms with Crippen molar-refractivity contribution in [3.8, 4) is 0 Å². The number of nitrogens with one attached hydrogen (secondary N) is 1. The summed E-state index contributed by atoms with van der Waals surface area (Å²) in [5, 5.41) is 11.5. The molecule has 0 saturated carbocycles. The zero-order chi connectivity index (χ0) is 15.2. The number of halogens is 1. The Bertz CT molecular complexity index is 656. The van der Waals surface area contributed by atoms with Crippen molar-refractivity contribution in [1.29, 1.82) is 0 Å². The molecule has 1 aromatic heterocycles. The molecule has 0 radical (unpaired) electrons. The van der Waals surface area contributed by atoms with Crippen molar-refractivity contribution in [2.75, 3.05) is 5.32 Å². The number of carboxylic acid groups (broad SMARTS) is 1. The van der Waals surface area contributed by atoms with Crippen molar-refractivity contribution in [3.05, 3.63) is 58.3 Å². The Morgan fingerprint density at radius 2 is 1.95 bits per heavy atom. The molecule has 0 aliphatic carbocycles. The van der Waals surface area contributed by atoms with Gasteiger partial charge in [-0.2, -0.15) is 0 Å². The third-order valence-electron chi connectivity index (χ3n) is 2.86. The SMILES string of the molecule is O=C(O)CCc1ccccc1NC(=O)c1ccc(Br)nc1. The fourth-order valence-corrected chi connectivity index (χ4v) is 2.04. The van der Waals surface area contributed by atoms with Crippen LogP contribution in [0.2, 0.25) is 0 Å². The van der Waals surface area contributed by atoms with Gasteiger partial charge in [0.25, 0.3) is 5.91 Å². The second kappa shape index (κ2) is 6.99. The van der Waals surface area contributed by atoms with Crippen LogP contribution in [0.15, 0.2) is 47.2 Å². The molecule has 1 amide bonds. The number of aliphatic carboxylic acids is 1. The van der Waals surface area contributed by atoms with Crippen molar-refractivity contribution in [2.24, 2.45) is 0 Å². The summed E-state index contributed by atoms with van der Waals surface area (Å²) in [6, 6.07) is 10.5. The van der Waals surface area contributed by atoms with Gasteiger partial charge in [-0.15, -0.1) is 0 Å². The number of anilines is 1. The number of hydrogen-bond acceptors (Lipinski definition) is 3. The summed E-state index contributed by atoms with van der Waals surface area (Å²) in [5.41, 5.74) is 1.84. The third kappa shape index (κ3) is 4.39. The van der Waals surface area contributed by atoms with E-state index >= 15 is 0 Å². The number of carbonyl (C=O) groups excluding carboxylic acids is 1. The van der Waals surface area contributed by atoms with E-state index in [0.29, 0.717) is 22.3 Å². The molecule has 0 spiro atoms. The average molecular weight is 349 g/mol. The highest BCUT2D eigenvalue weighted by molar-refractivity contribution is 9.10. The van der Waals surface area contributed by atoms with Crippen molar-refractivity contribution in [1.82, 2.24) is 4.98 Å². The lowest BCUT2D eigenvalue weighted by molar-refractivity contribution is -0.136. The maximum Gasteiger partial charge on any atom is 0.303 e. The number of rotatable bonds is 5. The molecule has 0 atom stereocenters. The molecule has 0 aliphatic rings. The Balaban J connectivity index is 2.13. The molecule has 21 heavy (non-hydrogen) atoms. The highest BCUT2D eigenvalue weighted by Gasteiger charge is 2.10. The molecule has 1 aromatic carbocycles. The smallest absolute Gasteiger partial charge is 0.303 e. The molecule has 1 heterocycles. The van der Waals surface area contributed by atoms with Gasteiger partial charge in [0.2, 0.25) is 0 Å². The first-order valence-corrected chi connectivity index (χ1v) is 7.08. The summed E-state index contributed by atoms with van der Waals surface area (Å²) in [7, 11) is 0. The van der Waals surface area contributed by atoms with E-state index in [2.05, 4.69) is 26.2 Å². The van der Waals surface area contributed by atoms with Crippen LogP contribution in [0.25, 0.3) is 0 Å². The first-order valence-electron chi connectivity index (χ1n) is 6.29. The molecule has 0 aliphatic heterocycles. The number of hydrogen-bond donors (Lipinski definition) is 2. The Morgan fingerprint density at radius 1 is 1.19 bits per heavy atom. The number of aryl methyl sites for hydroxylation is 1. The molecule has 0 unspecified atom stereocenters. The van der Waals surface area contributed by atoms with Crippen LogP contribution < -0.4 is 5.32 Å². The normalized spacial score (nSPS) is 10.1. The Morgan fingerprint density at radius 3 is 2.62 bits per heavy atom. The van der Waals surface area contributed by atoms with E-state index in [1.807, 2.05) is 6.07 Å². The number of aromatic nitrogens is 1. The maximum atomic E-state index is 12.1. The molecule has 2 N–H and O–H groups in total. The average Bonchev–Trinajstić information content (AvgIpc) is 2.47. The van der Waals surface area contributed by atoms with Gasteiger partial charge in [0, 0.05) is 18.3 Å². The van der Waals surface area contributed by atoms with Crippen LogP contribution >= 0.6 is 15.9 Å². The summed E-state index contributed by atoms with van der Waals surface area (Å²) in [6.07, 6.45) is 1.86. The van der Waals surface area contributed by atoms with Gasteiger partial charge in [0.05, 0.1) is 5.56 Å². The molecule has 0 fully saturated rings. The number of amides is 1. The molecular formula is C15H13BrN2O3. The van der Waals surface area contributed by atoms with Crippen LogP contribution in [0.1, 0.15) is 22.3 Å². The lowest BCUT2D eigenvalue weighted by Gasteiger charge is -2.10. The van der Waals surface area contributed by atoms with E-state index in [1.54, 1.807) is 30.3 Å². The predicted octanol–water partition coefficient (Wildman–Crippen LogP) is 3.11. The van der Waals surface area contributed by atoms with Crippen molar-refractivity contribution in [3.63, 3.8) is 0 Å². The Hall–Kier alpha value is -2.21. The summed E-state index contributed by atoms with van der Waals surface area (Å²) in [5.74, 6) is -1.15. The highest BCUT2D eigenvalue weighted by atomic mass is 79.9. The van der Waals surface area contributed by atoms with E-state index in [0.717, 1.165) is 5.56 Å². The topological polar surface area (TPSA) is 79.3 Å². The Kier molecular flexibility index (Phi) is 5.05. The number of carboxylic acids is 1. The highest BCUT2D eigenvalue weighted by Crippen LogP contribution is 2.18. The molecule has 0 saturated heterocycles. The summed E-state index contributed by atoms with van der Waals surface area (Å²) < 4.78 is 0.654. The number of para-hydroxylation sites is 1. The summed E-state index contributed by atoms with van der Waals surface area (Å²) in [4.78, 5) is 26.8. The van der Waals surface area contributed by atoms with Gasteiger partial charge < -0.3 is 10.4 Å². The molecule has 5 nitrogen and oxygen atoms in total. The van der Waals surface area contributed by atoms with Crippen molar-refractivity contribution in [2.45, 2.75) is 12.8 Å². The Labute approximate surface area is 130 Å². The van der Waals surface area contributed by atoms with Gasteiger partial charge in [0.1, 0.15) is 4.60 Å². The number of nitrogens with zero attached hydrogens (tertiary/aromatic N) is 1. The van der Waals surface area contributed by atoms with Gasteiger partial charge in [-0.3, -0.25) is 9.59 Å². The van der Waals surface area contributed by atoms with E-state index < -0.39 is 5.97 Å². The molecule has 6 heteroatoms. The largest absolute Gasteiger partial charge is 0.481 e. The quantitative estimate of drug-likeness (QED) is 0.813. The molecule has 2 aromatic rings. The second-order valence-electron chi connectivity index (χ2n) is 4.37. The molecule has 108 valence electrons. The minimum atomic E-state index is -0.867. The van der Waals surface area contributed by atoms with Gasteiger partial charge in [-0.05, 0) is 46.1 Å². The molecular weight excluding hydrogens is 336 g/mol. The van der Waals surface area contributed by atoms with Gasteiger partial charge in [-0.1, -0.05) is 18.2 Å². The fourth-order valence-electron chi connectivity index (χ4n) is 1.81. The van der Waals surface area contributed by atoms with Crippen LogP contribution in [0.4, 0.5) is 5.69 Å². The predicted molar refractivity (Wildman–Crippen MR) is 82.3 cm³/mol. The molecule has 2 rings (SSSR count). The van der Waals surface area contributed by atoms with Crippen LogP contribution in [0, 0.1) is 0 Å². The lowest BCUT2D eigenvalue weighted by Crippen LogP contribution is -2.14. The second-order valence-corrected chi connectivity index (χ2v) is 5.19. The summed E-state index contributed by atoms with van der Waals surface area (Å²) >= 11 is 3.21. The zero-order valence-corrected chi connectivity index (χ0v) is 12.6. The van der Waals surface area contributed by atoms with E-state index in [1.165, 1.54) is 6.20 Å².